The molecule has 82 valence electrons. The largest absolute Gasteiger partial charge is 0.435 e. The average molecular weight is 214 g/mol. The molecule has 4 heteroatoms. The summed E-state index contributed by atoms with van der Waals surface area (Å²) < 4.78 is 28.7. The van der Waals surface area contributed by atoms with Crippen LogP contribution < -0.4 is 4.74 Å². The van der Waals surface area contributed by atoms with Gasteiger partial charge in [-0.05, 0) is 18.9 Å². The van der Waals surface area contributed by atoms with Crippen molar-refractivity contribution in [3.05, 3.63) is 29.8 Å². The molecule has 0 unspecified atom stereocenters. The molecule has 1 fully saturated rings. The van der Waals surface area contributed by atoms with Gasteiger partial charge in [0, 0.05) is 11.0 Å². The van der Waals surface area contributed by atoms with Crippen molar-refractivity contribution in [2.75, 3.05) is 6.61 Å². The number of para-hydroxylation sites is 1. The van der Waals surface area contributed by atoms with Crippen LogP contribution in [0.1, 0.15) is 18.4 Å². The number of hydrogen-bond acceptors (Lipinski definition) is 2. The second kappa shape index (κ2) is 3.77. The second-order valence-corrected chi connectivity index (χ2v) is 3.81. The lowest BCUT2D eigenvalue weighted by molar-refractivity contribution is -0.0508. The molecule has 0 saturated heterocycles. The fourth-order valence-corrected chi connectivity index (χ4v) is 1.77. The molecular weight excluding hydrogens is 202 g/mol. The van der Waals surface area contributed by atoms with Crippen LogP contribution in [0.3, 0.4) is 0 Å². The molecule has 1 aromatic carbocycles. The van der Waals surface area contributed by atoms with Crippen molar-refractivity contribution < 1.29 is 18.6 Å². The van der Waals surface area contributed by atoms with Crippen molar-refractivity contribution in [1.82, 2.24) is 0 Å². The lowest BCUT2D eigenvalue weighted by Crippen LogP contribution is -2.15. The van der Waals surface area contributed by atoms with Gasteiger partial charge in [-0.3, -0.25) is 0 Å². The first-order valence-corrected chi connectivity index (χ1v) is 4.83. The molecule has 1 aromatic rings. The lowest BCUT2D eigenvalue weighted by atomic mass is 9.96. The highest BCUT2D eigenvalue weighted by atomic mass is 19.3. The zero-order chi connectivity index (χ0) is 10.9. The number of aliphatic hydroxyl groups excluding tert-OH is 1. The van der Waals surface area contributed by atoms with Gasteiger partial charge in [0.05, 0.1) is 6.61 Å². The van der Waals surface area contributed by atoms with E-state index < -0.39 is 6.61 Å². The Bertz CT molecular complexity index is 348. The first-order chi connectivity index (χ1) is 7.18. The summed E-state index contributed by atoms with van der Waals surface area (Å²) in [6, 6.07) is 6.66. The van der Waals surface area contributed by atoms with E-state index in [9.17, 15) is 13.9 Å². The predicted octanol–water partition coefficient (Wildman–Crippen LogP) is 2.31. The second-order valence-electron chi connectivity index (χ2n) is 3.81. The predicted molar refractivity (Wildman–Crippen MR) is 51.1 cm³/mol. The van der Waals surface area contributed by atoms with Crippen molar-refractivity contribution in [2.45, 2.75) is 24.9 Å². The van der Waals surface area contributed by atoms with Crippen LogP contribution >= 0.6 is 0 Å². The van der Waals surface area contributed by atoms with Crippen molar-refractivity contribution in [3.8, 4) is 5.75 Å². The number of alkyl halides is 2. The maximum absolute atomic E-state index is 12.1. The molecule has 1 aliphatic rings. The molecule has 0 amide bonds. The monoisotopic (exact) mass is 214 g/mol. The van der Waals surface area contributed by atoms with Crippen molar-refractivity contribution in [1.29, 1.82) is 0 Å². The van der Waals surface area contributed by atoms with E-state index in [0.717, 1.165) is 12.8 Å². The molecule has 0 radical (unpaired) electrons. The maximum atomic E-state index is 12.1. The molecule has 0 spiro atoms. The zero-order valence-corrected chi connectivity index (χ0v) is 8.12. The highest BCUT2D eigenvalue weighted by Crippen LogP contribution is 2.50. The summed E-state index contributed by atoms with van der Waals surface area (Å²) >= 11 is 0. The van der Waals surface area contributed by atoms with Crippen molar-refractivity contribution in [3.63, 3.8) is 0 Å². The third kappa shape index (κ3) is 1.95. The fourth-order valence-electron chi connectivity index (χ4n) is 1.77. The molecule has 2 rings (SSSR count). The van der Waals surface area contributed by atoms with Gasteiger partial charge in [-0.2, -0.15) is 8.78 Å². The summed E-state index contributed by atoms with van der Waals surface area (Å²) in [6.07, 6.45) is 1.65. The standard InChI is InChI=1S/C11H12F2O2/c12-10(13)15-9-4-2-1-3-8(9)11(7-14)5-6-11/h1-4,10,14H,5-7H2. The van der Waals surface area contributed by atoms with E-state index in [4.69, 9.17) is 0 Å². The van der Waals surface area contributed by atoms with E-state index in [2.05, 4.69) is 4.74 Å². The number of benzene rings is 1. The smallest absolute Gasteiger partial charge is 0.387 e. The first-order valence-electron chi connectivity index (χ1n) is 4.83. The first kappa shape index (κ1) is 10.4. The quantitative estimate of drug-likeness (QED) is 0.833. The van der Waals surface area contributed by atoms with Gasteiger partial charge in [0.2, 0.25) is 0 Å². The molecule has 0 aromatic heterocycles. The molecule has 1 aliphatic carbocycles. The van der Waals surface area contributed by atoms with Gasteiger partial charge < -0.3 is 9.84 Å². The summed E-state index contributed by atoms with van der Waals surface area (Å²) in [4.78, 5) is 0. The number of halogens is 2. The molecule has 0 aliphatic heterocycles. The molecule has 1 saturated carbocycles. The minimum atomic E-state index is -2.82. The van der Waals surface area contributed by atoms with Gasteiger partial charge in [-0.15, -0.1) is 0 Å². The molecule has 1 N–H and O–H groups in total. The van der Waals surface area contributed by atoms with Crippen LogP contribution in [0.5, 0.6) is 5.75 Å². The Morgan fingerprint density at radius 1 is 1.33 bits per heavy atom. The average Bonchev–Trinajstić information content (AvgIpc) is 2.98. The maximum Gasteiger partial charge on any atom is 0.387 e. The molecule has 15 heavy (non-hydrogen) atoms. The molecular formula is C11H12F2O2. The van der Waals surface area contributed by atoms with Gasteiger partial charge in [0.15, 0.2) is 0 Å². The van der Waals surface area contributed by atoms with Gasteiger partial charge in [0.25, 0.3) is 0 Å². The van der Waals surface area contributed by atoms with E-state index in [1.54, 1.807) is 18.2 Å². The number of aliphatic hydroxyl groups is 1. The highest BCUT2D eigenvalue weighted by molar-refractivity contribution is 5.43. The summed E-state index contributed by atoms with van der Waals surface area (Å²) in [7, 11) is 0. The van der Waals surface area contributed by atoms with Gasteiger partial charge in [-0.25, -0.2) is 0 Å². The minimum absolute atomic E-state index is 0.0173. The highest BCUT2D eigenvalue weighted by Gasteiger charge is 2.45. The van der Waals surface area contributed by atoms with E-state index in [0.29, 0.717) is 5.56 Å². The van der Waals surface area contributed by atoms with Crippen LogP contribution in [0.25, 0.3) is 0 Å². The van der Waals surface area contributed by atoms with Crippen LogP contribution in [-0.4, -0.2) is 18.3 Å². The van der Waals surface area contributed by atoms with E-state index in [-0.39, 0.29) is 17.8 Å². The van der Waals surface area contributed by atoms with Gasteiger partial charge in [0.1, 0.15) is 5.75 Å². The number of ether oxygens (including phenoxy) is 1. The summed E-state index contributed by atoms with van der Waals surface area (Å²) in [5, 5.41) is 9.23. The SMILES string of the molecule is OCC1(c2ccccc2OC(F)F)CC1. The van der Waals surface area contributed by atoms with Crippen LogP contribution in [0.2, 0.25) is 0 Å². The molecule has 0 atom stereocenters. The molecule has 0 heterocycles. The Balaban J connectivity index is 2.30. The summed E-state index contributed by atoms with van der Waals surface area (Å²) in [6.45, 7) is -2.84. The Kier molecular flexibility index (Phi) is 2.61. The van der Waals surface area contributed by atoms with Crippen LogP contribution in [-0.2, 0) is 5.41 Å². The Morgan fingerprint density at radius 2 is 2.00 bits per heavy atom. The minimum Gasteiger partial charge on any atom is -0.435 e. The summed E-state index contributed by atoms with van der Waals surface area (Å²) in [5.74, 6) is 0.180. The summed E-state index contributed by atoms with van der Waals surface area (Å²) in [5.41, 5.74) is 0.346. The lowest BCUT2D eigenvalue weighted by Gasteiger charge is -2.16. The molecule has 0 bridgehead atoms. The topological polar surface area (TPSA) is 29.5 Å². The van der Waals surface area contributed by atoms with Gasteiger partial charge in [-0.1, -0.05) is 18.2 Å². The van der Waals surface area contributed by atoms with Crippen LogP contribution in [0.15, 0.2) is 24.3 Å². The Hall–Kier alpha value is -1.16. The Labute approximate surface area is 86.5 Å². The van der Waals surface area contributed by atoms with Crippen LogP contribution in [0, 0.1) is 0 Å². The van der Waals surface area contributed by atoms with E-state index in [1.165, 1.54) is 6.07 Å². The zero-order valence-electron chi connectivity index (χ0n) is 8.12. The van der Waals surface area contributed by atoms with Crippen molar-refractivity contribution in [2.24, 2.45) is 0 Å². The number of hydrogen-bond donors (Lipinski definition) is 1. The fraction of sp³-hybridized carbons (Fsp3) is 0.455. The Morgan fingerprint density at radius 3 is 2.53 bits per heavy atom. The normalized spacial score (nSPS) is 17.9. The van der Waals surface area contributed by atoms with E-state index >= 15 is 0 Å². The molecule has 2 nitrogen and oxygen atoms in total. The third-order valence-corrected chi connectivity index (χ3v) is 2.83. The van der Waals surface area contributed by atoms with Crippen LogP contribution in [0.4, 0.5) is 8.78 Å². The van der Waals surface area contributed by atoms with Gasteiger partial charge >= 0.3 is 6.61 Å². The van der Waals surface area contributed by atoms with E-state index in [1.807, 2.05) is 0 Å². The van der Waals surface area contributed by atoms with Crippen molar-refractivity contribution >= 4 is 0 Å². The number of rotatable bonds is 4. The third-order valence-electron chi connectivity index (χ3n) is 2.83.